The fraction of sp³-hybridized carbons (Fsp3) is 0.143. The van der Waals surface area contributed by atoms with Gasteiger partial charge in [0.1, 0.15) is 0 Å². The summed E-state index contributed by atoms with van der Waals surface area (Å²) in [4.78, 5) is -2.09. The molecule has 0 fully saturated rings. The van der Waals surface area contributed by atoms with Crippen molar-refractivity contribution >= 4 is 51.5 Å². The Hall–Kier alpha value is -1.12. The second-order valence-corrected chi connectivity index (χ2v) is 10.7. The molecule has 4 nitrogen and oxygen atoms in total. The standard InChI is InChI=1S/C14H6Br2F6O4S2/c15-9-5-7(1-3-11(9)27(23,24)13(17,18)19)8-2-4-12(10(16)6-8)28(25,26)14(20,21)22/h1-6H. The molecule has 2 rings (SSSR count). The van der Waals surface area contributed by atoms with Crippen molar-refractivity contribution in [3.05, 3.63) is 45.3 Å². The lowest BCUT2D eigenvalue weighted by molar-refractivity contribution is -0.0442. The van der Waals surface area contributed by atoms with Crippen LogP contribution in [0, 0.1) is 0 Å². The first kappa shape index (κ1) is 23.2. The third-order valence-electron chi connectivity index (χ3n) is 3.39. The molecular weight excluding hydrogens is 570 g/mol. The van der Waals surface area contributed by atoms with Crippen molar-refractivity contribution in [2.24, 2.45) is 0 Å². The molecule has 0 amide bonds. The summed E-state index contributed by atoms with van der Waals surface area (Å²) in [7, 11) is -11.2. The molecule has 0 aliphatic rings. The third-order valence-corrected chi connectivity index (χ3v) is 8.31. The van der Waals surface area contributed by atoms with Gasteiger partial charge in [-0.15, -0.1) is 0 Å². The SMILES string of the molecule is O=S(=O)(c1ccc(-c2ccc(S(=O)(=O)C(F)(F)F)c(Br)c2)cc1Br)C(F)(F)F. The van der Waals surface area contributed by atoms with E-state index in [0.29, 0.717) is 12.1 Å². The normalized spacial score (nSPS) is 13.6. The van der Waals surface area contributed by atoms with Crippen LogP contribution in [-0.4, -0.2) is 27.9 Å². The number of sulfone groups is 2. The quantitative estimate of drug-likeness (QED) is 0.456. The summed E-state index contributed by atoms with van der Waals surface area (Å²) in [6.45, 7) is 0. The lowest BCUT2D eigenvalue weighted by atomic mass is 10.1. The smallest absolute Gasteiger partial charge is 0.214 e. The molecule has 0 atom stereocenters. The molecule has 154 valence electrons. The van der Waals surface area contributed by atoms with Gasteiger partial charge < -0.3 is 0 Å². The molecule has 2 aromatic carbocycles. The fourth-order valence-corrected chi connectivity index (χ4v) is 5.71. The maximum atomic E-state index is 12.7. The fourth-order valence-electron chi connectivity index (χ4n) is 2.05. The molecule has 0 radical (unpaired) electrons. The predicted octanol–water partition coefficient (Wildman–Crippen LogP) is 5.47. The molecule has 0 saturated heterocycles. The number of benzene rings is 2. The zero-order valence-corrected chi connectivity index (χ0v) is 17.7. The number of rotatable bonds is 3. The summed E-state index contributed by atoms with van der Waals surface area (Å²) < 4.78 is 121. The molecule has 2 aromatic rings. The third kappa shape index (κ3) is 4.09. The van der Waals surface area contributed by atoms with Gasteiger partial charge in [-0.2, -0.15) is 26.3 Å². The molecule has 0 N–H and O–H groups in total. The lowest BCUT2D eigenvalue weighted by Crippen LogP contribution is -2.23. The Labute approximate surface area is 171 Å². The summed E-state index contributed by atoms with van der Waals surface area (Å²) in [5, 5.41) is 0. The van der Waals surface area contributed by atoms with Gasteiger partial charge in [0.25, 0.3) is 19.7 Å². The molecule has 28 heavy (non-hydrogen) atoms. The van der Waals surface area contributed by atoms with Crippen LogP contribution in [0.2, 0.25) is 0 Å². The van der Waals surface area contributed by atoms with E-state index in [2.05, 4.69) is 31.9 Å². The van der Waals surface area contributed by atoms with Crippen LogP contribution in [0.25, 0.3) is 11.1 Å². The number of halogens is 8. The Kier molecular flexibility index (Phi) is 6.03. The van der Waals surface area contributed by atoms with Crippen LogP contribution >= 0.6 is 31.9 Å². The minimum absolute atomic E-state index is 0.129. The Morgan fingerprint density at radius 2 is 0.893 bits per heavy atom. The van der Waals surface area contributed by atoms with Crippen LogP contribution < -0.4 is 0 Å². The van der Waals surface area contributed by atoms with Gasteiger partial charge in [0, 0.05) is 8.95 Å². The van der Waals surface area contributed by atoms with Crippen LogP contribution in [0.3, 0.4) is 0 Å². The van der Waals surface area contributed by atoms with Crippen LogP contribution in [0.1, 0.15) is 0 Å². The van der Waals surface area contributed by atoms with E-state index in [1.165, 1.54) is 0 Å². The van der Waals surface area contributed by atoms with E-state index < -0.39 is 49.4 Å². The van der Waals surface area contributed by atoms with Gasteiger partial charge in [0.15, 0.2) is 0 Å². The molecule has 0 heterocycles. The highest BCUT2D eigenvalue weighted by molar-refractivity contribution is 9.10. The number of hydrogen-bond acceptors (Lipinski definition) is 4. The van der Waals surface area contributed by atoms with Crippen molar-refractivity contribution in [1.82, 2.24) is 0 Å². The maximum absolute atomic E-state index is 12.7. The van der Waals surface area contributed by atoms with Crippen molar-refractivity contribution in [2.45, 2.75) is 20.8 Å². The molecular formula is C14H6Br2F6O4S2. The second kappa shape index (κ2) is 7.29. The minimum Gasteiger partial charge on any atom is -0.214 e. The Morgan fingerprint density at radius 3 is 1.11 bits per heavy atom. The van der Waals surface area contributed by atoms with Gasteiger partial charge in [0.05, 0.1) is 9.79 Å². The molecule has 0 aliphatic carbocycles. The van der Waals surface area contributed by atoms with Crippen molar-refractivity contribution in [1.29, 1.82) is 0 Å². The monoisotopic (exact) mass is 574 g/mol. The number of alkyl halides is 6. The predicted molar refractivity (Wildman–Crippen MR) is 93.8 cm³/mol. The van der Waals surface area contributed by atoms with Gasteiger partial charge in [-0.1, -0.05) is 12.1 Å². The summed E-state index contributed by atoms with van der Waals surface area (Å²) in [5.41, 5.74) is -10.8. The summed E-state index contributed by atoms with van der Waals surface area (Å²) >= 11 is 5.46. The van der Waals surface area contributed by atoms with E-state index in [1.807, 2.05) is 0 Å². The maximum Gasteiger partial charge on any atom is 0.501 e. The van der Waals surface area contributed by atoms with E-state index in [9.17, 15) is 43.2 Å². The van der Waals surface area contributed by atoms with E-state index in [-0.39, 0.29) is 11.1 Å². The zero-order valence-electron chi connectivity index (χ0n) is 12.9. The zero-order chi connectivity index (χ0) is 21.7. The first-order chi connectivity index (χ1) is 12.5. The highest BCUT2D eigenvalue weighted by Crippen LogP contribution is 2.39. The van der Waals surface area contributed by atoms with E-state index >= 15 is 0 Å². The van der Waals surface area contributed by atoms with Crippen LogP contribution in [0.4, 0.5) is 26.3 Å². The summed E-state index contributed by atoms with van der Waals surface area (Å²) in [6.07, 6.45) is 0. The molecule has 0 aliphatic heterocycles. The molecule has 0 spiro atoms. The second-order valence-electron chi connectivity index (χ2n) is 5.19. The number of hydrogen-bond donors (Lipinski definition) is 0. The van der Waals surface area contributed by atoms with E-state index in [0.717, 1.165) is 24.3 Å². The van der Waals surface area contributed by atoms with Crippen molar-refractivity contribution in [3.63, 3.8) is 0 Å². The van der Waals surface area contributed by atoms with Crippen molar-refractivity contribution in [3.8, 4) is 11.1 Å². The summed E-state index contributed by atoms with van der Waals surface area (Å²) in [6, 6.07) is 5.38. The largest absolute Gasteiger partial charge is 0.501 e. The molecule has 0 aromatic heterocycles. The van der Waals surface area contributed by atoms with Gasteiger partial charge >= 0.3 is 11.0 Å². The van der Waals surface area contributed by atoms with E-state index in [1.54, 1.807) is 0 Å². The average Bonchev–Trinajstić information content (AvgIpc) is 2.51. The molecule has 0 bridgehead atoms. The van der Waals surface area contributed by atoms with Crippen molar-refractivity contribution < 1.29 is 43.2 Å². The highest BCUT2D eigenvalue weighted by Gasteiger charge is 2.48. The Balaban J connectivity index is 2.54. The topological polar surface area (TPSA) is 68.3 Å². The van der Waals surface area contributed by atoms with Crippen LogP contribution in [-0.2, 0) is 19.7 Å². The molecule has 0 saturated carbocycles. The van der Waals surface area contributed by atoms with Gasteiger partial charge in [0.2, 0.25) is 0 Å². The average molecular weight is 576 g/mol. The minimum atomic E-state index is -5.62. The first-order valence-corrected chi connectivity index (χ1v) is 11.3. The van der Waals surface area contributed by atoms with Crippen molar-refractivity contribution in [2.75, 3.05) is 0 Å². The van der Waals surface area contributed by atoms with Gasteiger partial charge in [-0.3, -0.25) is 0 Å². The van der Waals surface area contributed by atoms with Crippen LogP contribution in [0.5, 0.6) is 0 Å². The molecule has 14 heteroatoms. The van der Waals surface area contributed by atoms with E-state index in [4.69, 9.17) is 0 Å². The molecule has 0 unspecified atom stereocenters. The Bertz CT molecular complexity index is 1050. The highest BCUT2D eigenvalue weighted by atomic mass is 79.9. The van der Waals surface area contributed by atoms with Crippen LogP contribution in [0.15, 0.2) is 55.1 Å². The van der Waals surface area contributed by atoms with Gasteiger partial charge in [-0.25, -0.2) is 16.8 Å². The first-order valence-electron chi connectivity index (χ1n) is 6.72. The van der Waals surface area contributed by atoms with Gasteiger partial charge in [-0.05, 0) is 67.3 Å². The lowest BCUT2D eigenvalue weighted by Gasteiger charge is -2.13. The summed E-state index contributed by atoms with van der Waals surface area (Å²) in [5.74, 6) is 0. The Morgan fingerprint density at radius 1 is 0.607 bits per heavy atom.